The van der Waals surface area contributed by atoms with E-state index in [-0.39, 0.29) is 23.4 Å². The number of benzene rings is 3. The molecule has 0 spiro atoms. The minimum Gasteiger partial charge on any atom is -0.352 e. The van der Waals surface area contributed by atoms with Gasteiger partial charge < -0.3 is 10.2 Å². The lowest BCUT2D eigenvalue weighted by Crippen LogP contribution is -2.54. The Morgan fingerprint density at radius 1 is 0.929 bits per heavy atom. The minimum atomic E-state index is -4.13. The van der Waals surface area contributed by atoms with Gasteiger partial charge in [0.25, 0.3) is 10.0 Å². The van der Waals surface area contributed by atoms with Crippen molar-refractivity contribution in [2.75, 3.05) is 10.8 Å². The largest absolute Gasteiger partial charge is 0.352 e. The van der Waals surface area contributed by atoms with Crippen LogP contribution in [0.25, 0.3) is 0 Å². The third kappa shape index (κ3) is 7.76. The Labute approximate surface area is 248 Å². The zero-order valence-corrected chi connectivity index (χ0v) is 25.4. The predicted octanol–water partition coefficient (Wildman–Crippen LogP) is 5.89. The Bertz CT molecular complexity index is 1470. The summed E-state index contributed by atoms with van der Waals surface area (Å²) in [6.45, 7) is 5.08. The highest BCUT2D eigenvalue weighted by Crippen LogP contribution is 2.26. The number of anilines is 1. The van der Waals surface area contributed by atoms with E-state index in [2.05, 4.69) is 5.32 Å². The van der Waals surface area contributed by atoms with Crippen molar-refractivity contribution >= 4 is 27.5 Å². The van der Waals surface area contributed by atoms with Gasteiger partial charge in [0.2, 0.25) is 11.8 Å². The van der Waals surface area contributed by atoms with Gasteiger partial charge in [0.1, 0.15) is 18.4 Å². The van der Waals surface area contributed by atoms with Crippen LogP contribution < -0.4 is 9.62 Å². The molecule has 9 heteroatoms. The Hall–Kier alpha value is -3.72. The van der Waals surface area contributed by atoms with Crippen LogP contribution in [0, 0.1) is 19.7 Å². The third-order valence-corrected chi connectivity index (χ3v) is 9.57. The second-order valence-electron chi connectivity index (χ2n) is 11.1. The van der Waals surface area contributed by atoms with Crippen molar-refractivity contribution in [2.24, 2.45) is 0 Å². The SMILES string of the molecule is CC[C@@H](C(=O)NC1CCCCC1)N(Cc1ccc(F)cc1)C(=O)CN(c1cccc(C)c1)S(=O)(=O)c1ccc(C)cc1. The summed E-state index contributed by atoms with van der Waals surface area (Å²) in [5.74, 6) is -1.20. The lowest BCUT2D eigenvalue weighted by atomic mass is 9.95. The van der Waals surface area contributed by atoms with Gasteiger partial charge in [-0.15, -0.1) is 0 Å². The quantitative estimate of drug-likeness (QED) is 0.300. The number of aryl methyl sites for hydroxylation is 2. The van der Waals surface area contributed by atoms with E-state index >= 15 is 0 Å². The molecule has 42 heavy (non-hydrogen) atoms. The van der Waals surface area contributed by atoms with Crippen molar-refractivity contribution in [1.82, 2.24) is 10.2 Å². The van der Waals surface area contributed by atoms with Gasteiger partial charge in [0.15, 0.2) is 0 Å². The van der Waals surface area contributed by atoms with Gasteiger partial charge in [-0.05, 0) is 80.6 Å². The van der Waals surface area contributed by atoms with E-state index in [4.69, 9.17) is 0 Å². The molecule has 7 nitrogen and oxygen atoms in total. The first-order chi connectivity index (χ1) is 20.1. The van der Waals surface area contributed by atoms with Gasteiger partial charge in [0.05, 0.1) is 10.6 Å². The first-order valence-electron chi connectivity index (χ1n) is 14.6. The first-order valence-corrected chi connectivity index (χ1v) is 16.0. The maximum Gasteiger partial charge on any atom is 0.264 e. The zero-order chi connectivity index (χ0) is 30.3. The van der Waals surface area contributed by atoms with Crippen LogP contribution >= 0.6 is 0 Å². The molecule has 0 aliphatic heterocycles. The molecule has 0 radical (unpaired) electrons. The van der Waals surface area contributed by atoms with Crippen LogP contribution in [0.1, 0.15) is 62.1 Å². The monoisotopic (exact) mass is 593 g/mol. The van der Waals surface area contributed by atoms with Gasteiger partial charge in [-0.25, -0.2) is 12.8 Å². The smallest absolute Gasteiger partial charge is 0.264 e. The van der Waals surface area contributed by atoms with Crippen LogP contribution in [-0.4, -0.2) is 43.8 Å². The van der Waals surface area contributed by atoms with Crippen molar-refractivity contribution in [3.63, 3.8) is 0 Å². The molecular weight excluding hydrogens is 553 g/mol. The standard InChI is InChI=1S/C33H40FN3O4S/c1-4-31(33(39)35-28-10-6-5-7-11-28)36(22-26-15-17-27(34)18-16-26)32(38)23-37(29-12-8-9-25(3)21-29)42(40,41)30-19-13-24(2)14-20-30/h8-9,12-21,28,31H,4-7,10-11,22-23H2,1-3H3,(H,35,39)/t31-/m0/s1. The molecule has 0 unspecified atom stereocenters. The van der Waals surface area contributed by atoms with E-state index in [0.717, 1.165) is 47.5 Å². The molecule has 2 amide bonds. The fraction of sp³-hybridized carbons (Fsp3) is 0.394. The van der Waals surface area contributed by atoms with Crippen LogP contribution in [0.5, 0.6) is 0 Å². The molecule has 1 aliphatic rings. The molecule has 4 rings (SSSR count). The average molecular weight is 594 g/mol. The maximum absolute atomic E-state index is 14.2. The summed E-state index contributed by atoms with van der Waals surface area (Å²) in [5.41, 5.74) is 2.74. The van der Waals surface area contributed by atoms with E-state index < -0.39 is 34.3 Å². The Balaban J connectivity index is 1.70. The minimum absolute atomic E-state index is 0.0297. The summed E-state index contributed by atoms with van der Waals surface area (Å²) in [6, 6.07) is 18.4. The van der Waals surface area contributed by atoms with Crippen LogP contribution in [0.4, 0.5) is 10.1 Å². The number of amides is 2. The number of sulfonamides is 1. The highest BCUT2D eigenvalue weighted by molar-refractivity contribution is 7.92. The second kappa shape index (κ2) is 14.0. The Morgan fingerprint density at radius 2 is 1.60 bits per heavy atom. The summed E-state index contributed by atoms with van der Waals surface area (Å²) in [5, 5.41) is 3.13. The normalized spacial score (nSPS) is 14.7. The van der Waals surface area contributed by atoms with Crippen molar-refractivity contribution in [3.8, 4) is 0 Å². The van der Waals surface area contributed by atoms with E-state index in [1.54, 1.807) is 42.5 Å². The van der Waals surface area contributed by atoms with Crippen molar-refractivity contribution < 1.29 is 22.4 Å². The molecular formula is C33H40FN3O4S. The molecule has 1 aliphatic carbocycles. The number of rotatable bonds is 11. The summed E-state index contributed by atoms with van der Waals surface area (Å²) in [6.07, 6.45) is 5.35. The highest BCUT2D eigenvalue weighted by atomic mass is 32.2. The van der Waals surface area contributed by atoms with Gasteiger partial charge in [-0.1, -0.05) is 68.1 Å². The number of nitrogens with zero attached hydrogens (tertiary/aromatic N) is 2. The van der Waals surface area contributed by atoms with E-state index in [1.165, 1.54) is 29.2 Å². The lowest BCUT2D eigenvalue weighted by Gasteiger charge is -2.34. The molecule has 1 atom stereocenters. The van der Waals surface area contributed by atoms with Gasteiger partial charge >= 0.3 is 0 Å². The zero-order valence-electron chi connectivity index (χ0n) is 24.6. The second-order valence-corrected chi connectivity index (χ2v) is 12.9. The molecule has 3 aromatic rings. The fourth-order valence-electron chi connectivity index (χ4n) is 5.40. The molecule has 224 valence electrons. The van der Waals surface area contributed by atoms with Crippen molar-refractivity contribution in [1.29, 1.82) is 0 Å². The number of carbonyl (C=O) groups is 2. The van der Waals surface area contributed by atoms with E-state index in [0.29, 0.717) is 17.7 Å². The lowest BCUT2D eigenvalue weighted by molar-refractivity contribution is -0.140. The molecule has 3 aromatic carbocycles. The van der Waals surface area contributed by atoms with Gasteiger partial charge in [-0.3, -0.25) is 13.9 Å². The van der Waals surface area contributed by atoms with Gasteiger partial charge in [0, 0.05) is 12.6 Å². The van der Waals surface area contributed by atoms with Crippen molar-refractivity contribution in [2.45, 2.75) is 82.8 Å². The van der Waals surface area contributed by atoms with E-state index in [1.807, 2.05) is 26.8 Å². The summed E-state index contributed by atoms with van der Waals surface area (Å²) in [7, 11) is -4.13. The van der Waals surface area contributed by atoms with Crippen LogP contribution in [-0.2, 0) is 26.2 Å². The number of hydrogen-bond donors (Lipinski definition) is 1. The first kappa shape index (κ1) is 31.2. The predicted molar refractivity (Wildman–Crippen MR) is 163 cm³/mol. The maximum atomic E-state index is 14.2. The van der Waals surface area contributed by atoms with Crippen LogP contribution in [0.3, 0.4) is 0 Å². The third-order valence-electron chi connectivity index (χ3n) is 7.78. The summed E-state index contributed by atoms with van der Waals surface area (Å²) >= 11 is 0. The highest BCUT2D eigenvalue weighted by Gasteiger charge is 2.34. The van der Waals surface area contributed by atoms with Crippen molar-refractivity contribution in [3.05, 3.63) is 95.3 Å². The molecule has 0 heterocycles. The van der Waals surface area contributed by atoms with Gasteiger partial charge in [-0.2, -0.15) is 0 Å². The molecule has 0 aromatic heterocycles. The average Bonchev–Trinajstić information content (AvgIpc) is 2.97. The number of nitrogens with one attached hydrogen (secondary N) is 1. The molecule has 1 saturated carbocycles. The molecule has 0 saturated heterocycles. The molecule has 0 bridgehead atoms. The van der Waals surface area contributed by atoms with Crippen LogP contribution in [0.15, 0.2) is 77.7 Å². The summed E-state index contributed by atoms with van der Waals surface area (Å²) in [4.78, 5) is 29.3. The molecule has 1 N–H and O–H groups in total. The number of carbonyl (C=O) groups excluding carboxylic acids is 2. The number of hydrogen-bond acceptors (Lipinski definition) is 4. The topological polar surface area (TPSA) is 86.8 Å². The fourth-order valence-corrected chi connectivity index (χ4v) is 6.81. The number of halogens is 1. The summed E-state index contributed by atoms with van der Waals surface area (Å²) < 4.78 is 42.8. The van der Waals surface area contributed by atoms with Crippen LogP contribution in [0.2, 0.25) is 0 Å². The Morgan fingerprint density at radius 3 is 2.21 bits per heavy atom. The molecule has 1 fully saturated rings. The Kier molecular flexibility index (Phi) is 10.4. The van der Waals surface area contributed by atoms with E-state index in [9.17, 15) is 22.4 Å².